The van der Waals surface area contributed by atoms with E-state index in [0.717, 1.165) is 23.7 Å². The molecule has 2 aromatic heterocycles. The lowest BCUT2D eigenvalue weighted by Gasteiger charge is -2.28. The topological polar surface area (TPSA) is 55.1 Å². The predicted molar refractivity (Wildman–Crippen MR) is 64.7 cm³/mol. The average Bonchev–Trinajstić information content (AvgIpc) is 2.72. The summed E-state index contributed by atoms with van der Waals surface area (Å²) in [6, 6.07) is 2.26. The lowest BCUT2D eigenvalue weighted by molar-refractivity contribution is 0.293. The highest BCUT2D eigenvalue weighted by Gasteiger charge is 2.26. The number of nitrogens with one attached hydrogen (secondary N) is 1. The average molecular weight is 231 g/mol. The molecule has 1 aliphatic rings. The van der Waals surface area contributed by atoms with Crippen LogP contribution in [0.4, 0.5) is 0 Å². The third-order valence-electron chi connectivity index (χ3n) is 3.51. The van der Waals surface area contributed by atoms with E-state index in [0.29, 0.717) is 12.0 Å². The van der Waals surface area contributed by atoms with Crippen LogP contribution in [0, 0.1) is 12.8 Å². The van der Waals surface area contributed by atoms with Gasteiger partial charge in [0.25, 0.3) is 0 Å². The molecule has 1 fully saturated rings. The molecule has 5 nitrogen and oxygen atoms in total. The standard InChI is InChI=1S/C12H17N5/c1-8-4-3-5-13-11(8)12-16-15-10-6-9(2)14-7-17(10)12/h6-8,11,13H,3-5H2,1-2H3. The Balaban J connectivity index is 2.05. The minimum atomic E-state index is 0.295. The molecule has 0 bridgehead atoms. The van der Waals surface area contributed by atoms with Crippen LogP contribution in [0.25, 0.3) is 5.65 Å². The molecule has 17 heavy (non-hydrogen) atoms. The first-order valence-electron chi connectivity index (χ1n) is 6.16. The van der Waals surface area contributed by atoms with Gasteiger partial charge in [-0.1, -0.05) is 6.92 Å². The van der Waals surface area contributed by atoms with E-state index in [-0.39, 0.29) is 0 Å². The van der Waals surface area contributed by atoms with E-state index in [4.69, 9.17) is 0 Å². The molecule has 0 spiro atoms. The number of hydrogen-bond donors (Lipinski definition) is 1. The van der Waals surface area contributed by atoms with Gasteiger partial charge in [0.15, 0.2) is 11.5 Å². The van der Waals surface area contributed by atoms with Crippen LogP contribution < -0.4 is 5.32 Å². The van der Waals surface area contributed by atoms with Gasteiger partial charge in [0.05, 0.1) is 6.04 Å². The Bertz CT molecular complexity index is 533. The van der Waals surface area contributed by atoms with Crippen LogP contribution in [0.15, 0.2) is 12.4 Å². The number of aryl methyl sites for hydroxylation is 1. The molecular weight excluding hydrogens is 214 g/mol. The van der Waals surface area contributed by atoms with Gasteiger partial charge in [-0.2, -0.15) is 0 Å². The second-order valence-electron chi connectivity index (χ2n) is 4.87. The summed E-state index contributed by atoms with van der Waals surface area (Å²) in [7, 11) is 0. The summed E-state index contributed by atoms with van der Waals surface area (Å²) < 4.78 is 1.99. The summed E-state index contributed by atoms with van der Waals surface area (Å²) in [5.41, 5.74) is 1.85. The third kappa shape index (κ3) is 1.80. The monoisotopic (exact) mass is 231 g/mol. The van der Waals surface area contributed by atoms with Crippen molar-refractivity contribution in [2.24, 2.45) is 5.92 Å². The summed E-state index contributed by atoms with van der Waals surface area (Å²) in [5.74, 6) is 1.58. The molecule has 1 saturated heterocycles. The second kappa shape index (κ2) is 4.07. The van der Waals surface area contributed by atoms with Gasteiger partial charge in [0.2, 0.25) is 0 Å². The van der Waals surface area contributed by atoms with Crippen LogP contribution in [-0.4, -0.2) is 26.1 Å². The number of piperidine rings is 1. The maximum atomic E-state index is 4.32. The summed E-state index contributed by atoms with van der Waals surface area (Å²) in [6.45, 7) is 5.29. The maximum Gasteiger partial charge on any atom is 0.163 e. The first-order valence-corrected chi connectivity index (χ1v) is 6.16. The molecule has 0 aliphatic carbocycles. The molecule has 90 valence electrons. The Kier molecular flexibility index (Phi) is 2.55. The van der Waals surface area contributed by atoms with Crippen LogP contribution in [0.1, 0.15) is 37.3 Å². The van der Waals surface area contributed by atoms with E-state index < -0.39 is 0 Å². The van der Waals surface area contributed by atoms with Crippen LogP contribution in [0.3, 0.4) is 0 Å². The highest BCUT2D eigenvalue weighted by atomic mass is 15.3. The van der Waals surface area contributed by atoms with Gasteiger partial charge in [0.1, 0.15) is 6.33 Å². The third-order valence-corrected chi connectivity index (χ3v) is 3.51. The van der Waals surface area contributed by atoms with Crippen LogP contribution >= 0.6 is 0 Å². The Hall–Kier alpha value is -1.49. The normalized spacial score (nSPS) is 25.3. The van der Waals surface area contributed by atoms with Crippen molar-refractivity contribution in [3.05, 3.63) is 23.9 Å². The Labute approximate surface area is 100 Å². The molecule has 3 rings (SSSR count). The molecule has 5 heteroatoms. The van der Waals surface area contributed by atoms with E-state index in [1.165, 1.54) is 12.8 Å². The van der Waals surface area contributed by atoms with Crippen molar-refractivity contribution in [3.8, 4) is 0 Å². The highest BCUT2D eigenvalue weighted by molar-refractivity contribution is 5.38. The quantitative estimate of drug-likeness (QED) is 0.808. The van der Waals surface area contributed by atoms with Crippen molar-refractivity contribution in [2.45, 2.75) is 32.7 Å². The number of hydrogen-bond acceptors (Lipinski definition) is 4. The van der Waals surface area contributed by atoms with Crippen molar-refractivity contribution in [1.82, 2.24) is 24.9 Å². The van der Waals surface area contributed by atoms with Crippen molar-refractivity contribution in [1.29, 1.82) is 0 Å². The maximum absolute atomic E-state index is 4.32. The van der Waals surface area contributed by atoms with Gasteiger partial charge in [0, 0.05) is 11.8 Å². The number of fused-ring (bicyclic) bond motifs is 1. The van der Waals surface area contributed by atoms with Gasteiger partial charge in [-0.15, -0.1) is 10.2 Å². The van der Waals surface area contributed by atoms with Crippen molar-refractivity contribution >= 4 is 5.65 Å². The minimum absolute atomic E-state index is 0.295. The second-order valence-corrected chi connectivity index (χ2v) is 4.87. The van der Waals surface area contributed by atoms with E-state index in [2.05, 4.69) is 27.4 Å². The van der Waals surface area contributed by atoms with Gasteiger partial charge >= 0.3 is 0 Å². The SMILES string of the molecule is Cc1cc2nnc(C3NCCCC3C)n2cn1. The fourth-order valence-corrected chi connectivity index (χ4v) is 2.51. The van der Waals surface area contributed by atoms with Gasteiger partial charge in [-0.3, -0.25) is 4.40 Å². The van der Waals surface area contributed by atoms with E-state index in [1.807, 2.05) is 23.7 Å². The molecule has 3 heterocycles. The molecule has 1 aliphatic heterocycles. The van der Waals surface area contributed by atoms with E-state index in [9.17, 15) is 0 Å². The highest BCUT2D eigenvalue weighted by Crippen LogP contribution is 2.27. The molecule has 0 aromatic carbocycles. The molecule has 0 amide bonds. The predicted octanol–water partition coefficient (Wildman–Crippen LogP) is 1.49. The molecule has 0 saturated carbocycles. The first kappa shape index (κ1) is 10.7. The molecule has 2 unspecified atom stereocenters. The number of rotatable bonds is 1. The number of aromatic nitrogens is 4. The number of nitrogens with zero attached hydrogens (tertiary/aromatic N) is 4. The zero-order valence-electron chi connectivity index (χ0n) is 10.2. The molecule has 2 aromatic rings. The molecule has 2 atom stereocenters. The van der Waals surface area contributed by atoms with Crippen LogP contribution in [0.5, 0.6) is 0 Å². The minimum Gasteiger partial charge on any atom is -0.307 e. The summed E-state index contributed by atoms with van der Waals surface area (Å²) in [6.07, 6.45) is 4.31. The zero-order chi connectivity index (χ0) is 11.8. The van der Waals surface area contributed by atoms with Crippen molar-refractivity contribution in [3.63, 3.8) is 0 Å². The smallest absolute Gasteiger partial charge is 0.163 e. The summed E-state index contributed by atoms with van der Waals surface area (Å²) >= 11 is 0. The van der Waals surface area contributed by atoms with Crippen molar-refractivity contribution < 1.29 is 0 Å². The molecule has 0 radical (unpaired) electrons. The lowest BCUT2D eigenvalue weighted by Crippen LogP contribution is -2.34. The van der Waals surface area contributed by atoms with Gasteiger partial charge in [-0.05, 0) is 32.2 Å². The largest absolute Gasteiger partial charge is 0.307 e. The zero-order valence-corrected chi connectivity index (χ0v) is 10.2. The summed E-state index contributed by atoms with van der Waals surface area (Å²) in [4.78, 5) is 4.32. The van der Waals surface area contributed by atoms with E-state index in [1.54, 1.807) is 0 Å². The fraction of sp³-hybridized carbons (Fsp3) is 0.583. The van der Waals surface area contributed by atoms with Crippen LogP contribution in [-0.2, 0) is 0 Å². The Morgan fingerprint density at radius 2 is 2.29 bits per heavy atom. The van der Waals surface area contributed by atoms with Crippen LogP contribution in [0.2, 0.25) is 0 Å². The summed E-state index contributed by atoms with van der Waals surface area (Å²) in [5, 5.41) is 12.1. The van der Waals surface area contributed by atoms with Gasteiger partial charge in [-0.25, -0.2) is 4.98 Å². The first-order chi connectivity index (χ1) is 8.25. The van der Waals surface area contributed by atoms with Crippen molar-refractivity contribution in [2.75, 3.05) is 6.54 Å². The van der Waals surface area contributed by atoms with Gasteiger partial charge < -0.3 is 5.32 Å². The molecule has 1 N–H and O–H groups in total. The molecular formula is C12H17N5. The lowest BCUT2D eigenvalue weighted by atomic mass is 9.92. The van der Waals surface area contributed by atoms with E-state index >= 15 is 0 Å². The Morgan fingerprint density at radius 1 is 1.41 bits per heavy atom. The Morgan fingerprint density at radius 3 is 3.12 bits per heavy atom. The fourth-order valence-electron chi connectivity index (χ4n) is 2.51.